The number of hydrogen-bond donors (Lipinski definition) is 1. The van der Waals surface area contributed by atoms with E-state index in [1.54, 1.807) is 43.5 Å². The maximum Gasteiger partial charge on any atom is 0.255 e. The van der Waals surface area contributed by atoms with Crippen LogP contribution in [0.15, 0.2) is 48.5 Å². The molecule has 0 aliphatic carbocycles. The standard InChI is InChI=1S/C21H24N2O3/c1-26-17-10-8-9-16(15-17)20(24)22-19-12-5-4-11-18(19)21(25)23-13-6-2-3-7-14-23/h4-5,8-12,15H,2-3,6-7,13-14H2,1H3,(H,22,24). The third-order valence-corrected chi connectivity index (χ3v) is 4.63. The summed E-state index contributed by atoms with van der Waals surface area (Å²) in [6, 6.07) is 14.1. The molecule has 2 aromatic rings. The minimum atomic E-state index is -0.264. The molecule has 1 N–H and O–H groups in total. The first-order valence-electron chi connectivity index (χ1n) is 9.03. The quantitative estimate of drug-likeness (QED) is 0.906. The van der Waals surface area contributed by atoms with Crippen molar-refractivity contribution in [2.75, 3.05) is 25.5 Å². The van der Waals surface area contributed by atoms with Gasteiger partial charge in [0.05, 0.1) is 18.4 Å². The Balaban J connectivity index is 1.80. The Kier molecular flexibility index (Phi) is 5.89. The van der Waals surface area contributed by atoms with Crippen molar-refractivity contribution in [3.8, 4) is 5.75 Å². The van der Waals surface area contributed by atoms with Crippen LogP contribution >= 0.6 is 0 Å². The van der Waals surface area contributed by atoms with Crippen LogP contribution in [0.5, 0.6) is 5.75 Å². The molecule has 0 saturated carbocycles. The molecule has 5 nitrogen and oxygen atoms in total. The van der Waals surface area contributed by atoms with E-state index in [1.807, 2.05) is 17.0 Å². The van der Waals surface area contributed by atoms with Crippen molar-refractivity contribution in [1.82, 2.24) is 4.90 Å². The van der Waals surface area contributed by atoms with Crippen molar-refractivity contribution in [2.24, 2.45) is 0 Å². The van der Waals surface area contributed by atoms with E-state index in [4.69, 9.17) is 4.74 Å². The van der Waals surface area contributed by atoms with Crippen molar-refractivity contribution < 1.29 is 14.3 Å². The first-order chi connectivity index (χ1) is 12.7. The van der Waals surface area contributed by atoms with Crippen molar-refractivity contribution in [3.05, 3.63) is 59.7 Å². The summed E-state index contributed by atoms with van der Waals surface area (Å²) in [5, 5.41) is 2.87. The second-order valence-corrected chi connectivity index (χ2v) is 6.44. The topological polar surface area (TPSA) is 58.6 Å². The molecule has 136 valence electrons. The van der Waals surface area contributed by atoms with Crippen LogP contribution in [-0.4, -0.2) is 36.9 Å². The van der Waals surface area contributed by atoms with E-state index in [0.29, 0.717) is 22.6 Å². The van der Waals surface area contributed by atoms with Crippen LogP contribution < -0.4 is 10.1 Å². The molecule has 0 atom stereocenters. The molecule has 1 aliphatic rings. The van der Waals surface area contributed by atoms with Gasteiger partial charge in [-0.15, -0.1) is 0 Å². The summed E-state index contributed by atoms with van der Waals surface area (Å²) in [6.07, 6.45) is 4.39. The molecular formula is C21H24N2O3. The predicted molar refractivity (Wildman–Crippen MR) is 102 cm³/mol. The number of rotatable bonds is 4. The third kappa shape index (κ3) is 4.23. The lowest BCUT2D eigenvalue weighted by Crippen LogP contribution is -2.32. The lowest BCUT2D eigenvalue weighted by atomic mass is 10.1. The minimum Gasteiger partial charge on any atom is -0.497 e. The summed E-state index contributed by atoms with van der Waals surface area (Å²) in [6.45, 7) is 1.55. The number of amides is 2. The zero-order valence-electron chi connectivity index (χ0n) is 15.0. The summed E-state index contributed by atoms with van der Waals surface area (Å²) in [5.74, 6) is 0.333. The summed E-state index contributed by atoms with van der Waals surface area (Å²) in [7, 11) is 1.56. The first kappa shape index (κ1) is 18.0. The van der Waals surface area contributed by atoms with Crippen molar-refractivity contribution in [1.29, 1.82) is 0 Å². The highest BCUT2D eigenvalue weighted by atomic mass is 16.5. The first-order valence-corrected chi connectivity index (χ1v) is 9.03. The van der Waals surface area contributed by atoms with Crippen molar-refractivity contribution in [2.45, 2.75) is 25.7 Å². The molecule has 1 fully saturated rings. The number of methoxy groups -OCH3 is 1. The molecule has 3 rings (SSSR count). The van der Waals surface area contributed by atoms with E-state index in [2.05, 4.69) is 5.32 Å². The number of ether oxygens (including phenoxy) is 1. The van der Waals surface area contributed by atoms with E-state index in [-0.39, 0.29) is 11.8 Å². The second-order valence-electron chi connectivity index (χ2n) is 6.44. The van der Waals surface area contributed by atoms with Gasteiger partial charge in [0, 0.05) is 18.7 Å². The third-order valence-electron chi connectivity index (χ3n) is 4.63. The fraction of sp³-hybridized carbons (Fsp3) is 0.333. The number of anilines is 1. The summed E-state index contributed by atoms with van der Waals surface area (Å²) >= 11 is 0. The van der Waals surface area contributed by atoms with E-state index >= 15 is 0 Å². The zero-order valence-corrected chi connectivity index (χ0v) is 15.0. The van der Waals surface area contributed by atoms with Crippen LogP contribution in [0.1, 0.15) is 46.4 Å². The summed E-state index contributed by atoms with van der Waals surface area (Å²) in [4.78, 5) is 27.4. The molecule has 1 heterocycles. The zero-order chi connectivity index (χ0) is 18.4. The van der Waals surface area contributed by atoms with Crippen LogP contribution in [0.4, 0.5) is 5.69 Å². The Morgan fingerprint density at radius 1 is 0.962 bits per heavy atom. The molecule has 0 unspecified atom stereocenters. The van der Waals surface area contributed by atoms with Gasteiger partial charge >= 0.3 is 0 Å². The van der Waals surface area contributed by atoms with Crippen LogP contribution in [-0.2, 0) is 0 Å². The number of carbonyl (C=O) groups excluding carboxylic acids is 2. The van der Waals surface area contributed by atoms with E-state index in [9.17, 15) is 9.59 Å². The van der Waals surface area contributed by atoms with E-state index in [1.165, 1.54) is 0 Å². The Morgan fingerprint density at radius 3 is 2.42 bits per heavy atom. The molecule has 0 spiro atoms. The van der Waals surface area contributed by atoms with Crippen LogP contribution in [0.25, 0.3) is 0 Å². The highest BCUT2D eigenvalue weighted by Gasteiger charge is 2.20. The van der Waals surface area contributed by atoms with Gasteiger partial charge in [-0.3, -0.25) is 9.59 Å². The smallest absolute Gasteiger partial charge is 0.255 e. The van der Waals surface area contributed by atoms with Crippen LogP contribution in [0, 0.1) is 0 Å². The number of carbonyl (C=O) groups is 2. The number of hydrogen-bond acceptors (Lipinski definition) is 3. The maximum absolute atomic E-state index is 12.9. The van der Waals surface area contributed by atoms with Crippen molar-refractivity contribution in [3.63, 3.8) is 0 Å². The lowest BCUT2D eigenvalue weighted by molar-refractivity contribution is 0.0762. The van der Waals surface area contributed by atoms with Crippen LogP contribution in [0.3, 0.4) is 0 Å². The number of nitrogens with one attached hydrogen (secondary N) is 1. The Hall–Kier alpha value is -2.82. The molecule has 1 saturated heterocycles. The molecule has 0 bridgehead atoms. The van der Waals surface area contributed by atoms with Gasteiger partial charge in [0.25, 0.3) is 11.8 Å². The predicted octanol–water partition coefficient (Wildman–Crippen LogP) is 3.96. The molecule has 2 aromatic carbocycles. The number of likely N-dealkylation sites (tertiary alicyclic amines) is 1. The molecule has 5 heteroatoms. The second kappa shape index (κ2) is 8.52. The Bertz CT molecular complexity index is 780. The van der Waals surface area contributed by atoms with Gasteiger partial charge in [-0.25, -0.2) is 0 Å². The Morgan fingerprint density at radius 2 is 1.69 bits per heavy atom. The van der Waals surface area contributed by atoms with Crippen molar-refractivity contribution >= 4 is 17.5 Å². The lowest BCUT2D eigenvalue weighted by Gasteiger charge is -2.22. The largest absolute Gasteiger partial charge is 0.497 e. The molecule has 1 aliphatic heterocycles. The summed E-state index contributed by atoms with van der Waals surface area (Å²) in [5.41, 5.74) is 1.56. The van der Waals surface area contributed by atoms with Gasteiger partial charge in [-0.2, -0.15) is 0 Å². The molecule has 2 amide bonds. The fourth-order valence-electron chi connectivity index (χ4n) is 3.18. The number of benzene rings is 2. The van der Waals surface area contributed by atoms with E-state index < -0.39 is 0 Å². The minimum absolute atomic E-state index is 0.0200. The van der Waals surface area contributed by atoms with E-state index in [0.717, 1.165) is 38.8 Å². The van der Waals surface area contributed by atoms with Gasteiger partial charge in [0.2, 0.25) is 0 Å². The molecule has 0 aromatic heterocycles. The Labute approximate surface area is 154 Å². The number of nitrogens with zero attached hydrogens (tertiary/aromatic N) is 1. The van der Waals surface area contributed by atoms with Gasteiger partial charge in [0.1, 0.15) is 5.75 Å². The van der Waals surface area contributed by atoms with Crippen LogP contribution in [0.2, 0.25) is 0 Å². The molecule has 0 radical (unpaired) electrons. The fourth-order valence-corrected chi connectivity index (χ4v) is 3.18. The highest BCUT2D eigenvalue weighted by molar-refractivity contribution is 6.09. The normalized spacial score (nSPS) is 14.4. The summed E-state index contributed by atoms with van der Waals surface area (Å²) < 4.78 is 5.17. The molecule has 26 heavy (non-hydrogen) atoms. The van der Waals surface area contributed by atoms with Gasteiger partial charge in [-0.05, 0) is 43.2 Å². The number of para-hydroxylation sites is 1. The molecular weight excluding hydrogens is 328 g/mol. The SMILES string of the molecule is COc1cccc(C(=O)Nc2ccccc2C(=O)N2CCCCCC2)c1. The average Bonchev–Trinajstić information content (AvgIpc) is 2.97. The van der Waals surface area contributed by atoms with Gasteiger partial charge < -0.3 is 15.0 Å². The highest BCUT2D eigenvalue weighted by Crippen LogP contribution is 2.21. The average molecular weight is 352 g/mol. The van der Waals surface area contributed by atoms with Gasteiger partial charge in [-0.1, -0.05) is 31.0 Å². The monoisotopic (exact) mass is 352 g/mol. The maximum atomic E-state index is 12.9. The van der Waals surface area contributed by atoms with Gasteiger partial charge in [0.15, 0.2) is 0 Å².